The summed E-state index contributed by atoms with van der Waals surface area (Å²) in [4.78, 5) is 24.7. The third-order valence-electron chi connectivity index (χ3n) is 2.69. The van der Waals surface area contributed by atoms with Crippen LogP contribution in [0.25, 0.3) is 0 Å². The van der Waals surface area contributed by atoms with E-state index in [1.54, 1.807) is 11.9 Å². The molecule has 2 atom stereocenters. The molecule has 2 amide bonds. The maximum Gasteiger partial charge on any atom is 0.236 e. The smallest absolute Gasteiger partial charge is 0.236 e. The van der Waals surface area contributed by atoms with Crippen molar-refractivity contribution >= 4 is 27.7 Å². The van der Waals surface area contributed by atoms with Crippen molar-refractivity contribution < 1.29 is 9.59 Å². The summed E-state index contributed by atoms with van der Waals surface area (Å²) in [6, 6.07) is 0. The molecular weight excluding hydrogens is 260 g/mol. The number of carbonyl (C=O) groups is 2. The molecule has 0 bridgehead atoms. The van der Waals surface area contributed by atoms with Crippen molar-refractivity contribution in [3.63, 3.8) is 0 Å². The zero-order valence-electron chi connectivity index (χ0n) is 9.12. The Morgan fingerprint density at radius 3 is 2.73 bits per heavy atom. The van der Waals surface area contributed by atoms with E-state index in [0.29, 0.717) is 6.54 Å². The van der Waals surface area contributed by atoms with Gasteiger partial charge in [-0.15, -0.1) is 0 Å². The van der Waals surface area contributed by atoms with E-state index in [4.69, 9.17) is 0 Å². The number of hydrogen-bond acceptors (Lipinski definition) is 2. The average molecular weight is 277 g/mol. The van der Waals surface area contributed by atoms with Gasteiger partial charge in [0.25, 0.3) is 0 Å². The van der Waals surface area contributed by atoms with Crippen LogP contribution in [-0.4, -0.2) is 41.7 Å². The molecule has 1 heterocycles. The normalized spacial score (nSPS) is 23.4. The largest absolute Gasteiger partial charge is 0.359 e. The van der Waals surface area contributed by atoms with Crippen molar-refractivity contribution in [2.45, 2.75) is 24.6 Å². The summed E-state index contributed by atoms with van der Waals surface area (Å²) in [5.41, 5.74) is 0. The Kier molecular flexibility index (Phi) is 4.57. The SMILES string of the molecule is CNC(=O)[C@@H]1CCCN(C(=O)[C@@H](C)Br)C1. The van der Waals surface area contributed by atoms with Gasteiger partial charge in [0.2, 0.25) is 11.8 Å². The van der Waals surface area contributed by atoms with Gasteiger partial charge in [0, 0.05) is 20.1 Å². The van der Waals surface area contributed by atoms with E-state index in [1.807, 2.05) is 6.92 Å². The van der Waals surface area contributed by atoms with E-state index in [9.17, 15) is 9.59 Å². The number of rotatable bonds is 2. The number of alkyl halides is 1. The minimum atomic E-state index is -0.166. The summed E-state index contributed by atoms with van der Waals surface area (Å²) < 4.78 is 0. The molecule has 0 aromatic carbocycles. The number of hydrogen-bond donors (Lipinski definition) is 1. The number of nitrogens with one attached hydrogen (secondary N) is 1. The van der Waals surface area contributed by atoms with Crippen LogP contribution >= 0.6 is 15.9 Å². The lowest BCUT2D eigenvalue weighted by molar-refractivity contribution is -0.134. The molecule has 4 nitrogen and oxygen atoms in total. The highest BCUT2D eigenvalue weighted by Crippen LogP contribution is 2.18. The lowest BCUT2D eigenvalue weighted by Crippen LogP contribution is -2.46. The molecule has 0 spiro atoms. The van der Waals surface area contributed by atoms with Crippen LogP contribution < -0.4 is 5.32 Å². The van der Waals surface area contributed by atoms with E-state index in [1.165, 1.54) is 0 Å². The van der Waals surface area contributed by atoms with Crippen molar-refractivity contribution in [2.24, 2.45) is 5.92 Å². The van der Waals surface area contributed by atoms with Crippen LogP contribution in [0, 0.1) is 5.92 Å². The number of amides is 2. The Morgan fingerprint density at radius 1 is 1.53 bits per heavy atom. The number of piperidine rings is 1. The van der Waals surface area contributed by atoms with E-state index in [-0.39, 0.29) is 22.6 Å². The van der Waals surface area contributed by atoms with Crippen LogP contribution in [0.3, 0.4) is 0 Å². The van der Waals surface area contributed by atoms with Crippen molar-refractivity contribution in [1.29, 1.82) is 0 Å². The molecule has 1 saturated heterocycles. The second-order valence-corrected chi connectivity index (χ2v) is 5.23. The predicted molar refractivity (Wildman–Crippen MR) is 61.8 cm³/mol. The van der Waals surface area contributed by atoms with Crippen molar-refractivity contribution in [2.75, 3.05) is 20.1 Å². The second-order valence-electron chi connectivity index (χ2n) is 3.85. The topological polar surface area (TPSA) is 49.4 Å². The molecule has 1 aliphatic heterocycles. The minimum Gasteiger partial charge on any atom is -0.359 e. The van der Waals surface area contributed by atoms with Gasteiger partial charge in [-0.1, -0.05) is 15.9 Å². The quantitative estimate of drug-likeness (QED) is 0.757. The Labute approximate surface area is 98.5 Å². The first-order valence-electron chi connectivity index (χ1n) is 5.20. The second kappa shape index (κ2) is 5.49. The van der Waals surface area contributed by atoms with Crippen LogP contribution in [0.5, 0.6) is 0 Å². The van der Waals surface area contributed by atoms with Gasteiger partial charge in [-0.05, 0) is 19.8 Å². The monoisotopic (exact) mass is 276 g/mol. The Bertz CT molecular complexity index is 256. The highest BCUT2D eigenvalue weighted by Gasteiger charge is 2.28. The molecule has 0 saturated carbocycles. The summed E-state index contributed by atoms with van der Waals surface area (Å²) in [7, 11) is 1.64. The third kappa shape index (κ3) is 3.19. The minimum absolute atomic E-state index is 0.0368. The van der Waals surface area contributed by atoms with Crippen molar-refractivity contribution in [3.05, 3.63) is 0 Å². The first-order chi connectivity index (χ1) is 7.06. The van der Waals surface area contributed by atoms with Crippen LogP contribution in [0.15, 0.2) is 0 Å². The zero-order valence-corrected chi connectivity index (χ0v) is 10.7. The lowest BCUT2D eigenvalue weighted by Gasteiger charge is -2.32. The molecule has 0 aliphatic carbocycles. The summed E-state index contributed by atoms with van der Waals surface area (Å²) >= 11 is 3.26. The molecule has 0 aromatic heterocycles. The van der Waals surface area contributed by atoms with Crippen LogP contribution in [0.2, 0.25) is 0 Å². The summed E-state index contributed by atoms with van der Waals surface area (Å²) in [5.74, 6) is 0.0669. The standard InChI is InChI=1S/C10H17BrN2O2/c1-7(11)10(15)13-5-3-4-8(6-13)9(14)12-2/h7-8H,3-6H2,1-2H3,(H,12,14)/t7-,8-/m1/s1. The molecule has 1 aliphatic rings. The molecule has 0 unspecified atom stereocenters. The lowest BCUT2D eigenvalue weighted by atomic mass is 9.97. The summed E-state index contributed by atoms with van der Waals surface area (Å²) in [6.45, 7) is 3.13. The highest BCUT2D eigenvalue weighted by molar-refractivity contribution is 9.10. The van der Waals surface area contributed by atoms with Gasteiger partial charge in [-0.3, -0.25) is 9.59 Å². The molecule has 1 fully saturated rings. The van der Waals surface area contributed by atoms with Gasteiger partial charge in [0.05, 0.1) is 10.7 Å². The fourth-order valence-electron chi connectivity index (χ4n) is 1.85. The molecule has 1 rings (SSSR count). The highest BCUT2D eigenvalue weighted by atomic mass is 79.9. The van der Waals surface area contributed by atoms with Crippen LogP contribution in [0.4, 0.5) is 0 Å². The van der Waals surface area contributed by atoms with Gasteiger partial charge in [0.15, 0.2) is 0 Å². The predicted octanol–water partition coefficient (Wildman–Crippen LogP) is 0.754. The van der Waals surface area contributed by atoms with Crippen molar-refractivity contribution in [1.82, 2.24) is 10.2 Å². The van der Waals surface area contributed by atoms with Gasteiger partial charge < -0.3 is 10.2 Å². The molecule has 0 aromatic rings. The Balaban J connectivity index is 2.56. The number of halogens is 1. The van der Waals surface area contributed by atoms with E-state index in [0.717, 1.165) is 19.4 Å². The van der Waals surface area contributed by atoms with Gasteiger partial charge in [-0.25, -0.2) is 0 Å². The summed E-state index contributed by atoms with van der Waals surface area (Å²) in [5, 5.41) is 2.63. The number of nitrogens with zero attached hydrogens (tertiary/aromatic N) is 1. The molecule has 0 radical (unpaired) electrons. The van der Waals surface area contributed by atoms with E-state index >= 15 is 0 Å². The van der Waals surface area contributed by atoms with Crippen molar-refractivity contribution in [3.8, 4) is 0 Å². The van der Waals surface area contributed by atoms with Gasteiger partial charge in [0.1, 0.15) is 0 Å². The maximum absolute atomic E-state index is 11.7. The molecule has 5 heteroatoms. The fraction of sp³-hybridized carbons (Fsp3) is 0.800. The Morgan fingerprint density at radius 2 is 2.20 bits per heavy atom. The van der Waals surface area contributed by atoms with Gasteiger partial charge >= 0.3 is 0 Å². The zero-order chi connectivity index (χ0) is 11.4. The van der Waals surface area contributed by atoms with E-state index in [2.05, 4.69) is 21.2 Å². The Hall–Kier alpha value is -0.580. The van der Waals surface area contributed by atoms with E-state index < -0.39 is 0 Å². The van der Waals surface area contributed by atoms with Crippen LogP contribution in [-0.2, 0) is 9.59 Å². The average Bonchev–Trinajstić information content (AvgIpc) is 2.27. The molecule has 86 valence electrons. The number of likely N-dealkylation sites (tertiary alicyclic amines) is 1. The van der Waals surface area contributed by atoms with Gasteiger partial charge in [-0.2, -0.15) is 0 Å². The molecule has 1 N–H and O–H groups in total. The van der Waals surface area contributed by atoms with Crippen LogP contribution in [0.1, 0.15) is 19.8 Å². The first kappa shape index (κ1) is 12.5. The summed E-state index contributed by atoms with van der Waals surface area (Å²) in [6.07, 6.45) is 1.78. The number of carbonyl (C=O) groups excluding carboxylic acids is 2. The first-order valence-corrected chi connectivity index (χ1v) is 6.12. The fourth-order valence-corrected chi connectivity index (χ4v) is 2.14. The third-order valence-corrected chi connectivity index (χ3v) is 3.08. The molecule has 15 heavy (non-hydrogen) atoms. The maximum atomic E-state index is 11.7. The molecular formula is C10H17BrN2O2.